The summed E-state index contributed by atoms with van der Waals surface area (Å²) in [6.07, 6.45) is 1.25. The number of amides is 1. The zero-order chi connectivity index (χ0) is 22.3. The van der Waals surface area contributed by atoms with E-state index in [1.165, 1.54) is 0 Å². The van der Waals surface area contributed by atoms with Gasteiger partial charge in [0, 0.05) is 46.3 Å². The Morgan fingerprint density at radius 3 is 2.35 bits per heavy atom. The molecule has 1 unspecified atom stereocenters. The highest BCUT2D eigenvalue weighted by atomic mass is 35.5. The van der Waals surface area contributed by atoms with Gasteiger partial charge in [-0.3, -0.25) is 14.5 Å². The molecule has 5 nitrogen and oxygen atoms in total. The molecule has 0 radical (unpaired) electrons. The second kappa shape index (κ2) is 8.04. The number of nitrogens with zero attached hydrogens (tertiary/aromatic N) is 1. The van der Waals surface area contributed by atoms with Gasteiger partial charge in [-0.2, -0.15) is 0 Å². The molecule has 0 saturated heterocycles. The number of halogens is 1. The highest BCUT2D eigenvalue weighted by Gasteiger charge is 2.45. The fourth-order valence-electron chi connectivity index (χ4n) is 4.76. The Balaban J connectivity index is 1.93. The molecular weight excluding hydrogens is 414 g/mol. The smallest absolute Gasteiger partial charge is 0.232 e. The normalized spacial score (nSPS) is 20.5. The van der Waals surface area contributed by atoms with E-state index in [0.29, 0.717) is 34.9 Å². The highest BCUT2D eigenvalue weighted by molar-refractivity contribution is 6.30. The molecule has 0 bridgehead atoms. The highest BCUT2D eigenvalue weighted by Crippen LogP contribution is 2.50. The van der Waals surface area contributed by atoms with Crippen molar-refractivity contribution < 1.29 is 19.1 Å². The number of hydrogen-bond donors (Lipinski definition) is 0. The minimum Gasteiger partial charge on any atom is -0.493 e. The summed E-state index contributed by atoms with van der Waals surface area (Å²) in [5, 5.41) is 0.599. The van der Waals surface area contributed by atoms with Crippen molar-refractivity contribution in [2.24, 2.45) is 5.41 Å². The van der Waals surface area contributed by atoms with E-state index >= 15 is 0 Å². The quantitative estimate of drug-likeness (QED) is 0.629. The predicted octanol–water partition coefficient (Wildman–Crippen LogP) is 5.52. The Morgan fingerprint density at radius 2 is 1.71 bits per heavy atom. The van der Waals surface area contributed by atoms with Crippen molar-refractivity contribution >= 4 is 29.0 Å². The van der Waals surface area contributed by atoms with Crippen LogP contribution in [0.5, 0.6) is 11.5 Å². The Kier molecular flexibility index (Phi) is 5.56. The first kappa shape index (κ1) is 21.4. The molecule has 1 aliphatic heterocycles. The molecule has 1 atom stereocenters. The molecule has 2 aromatic carbocycles. The van der Waals surface area contributed by atoms with E-state index in [1.807, 2.05) is 30.3 Å². The van der Waals surface area contributed by atoms with Crippen molar-refractivity contribution in [1.29, 1.82) is 0 Å². The van der Waals surface area contributed by atoms with Gasteiger partial charge < -0.3 is 9.47 Å². The largest absolute Gasteiger partial charge is 0.493 e. The van der Waals surface area contributed by atoms with Gasteiger partial charge in [-0.25, -0.2) is 0 Å². The van der Waals surface area contributed by atoms with E-state index in [4.69, 9.17) is 21.1 Å². The van der Waals surface area contributed by atoms with E-state index in [1.54, 1.807) is 31.3 Å². The number of carbonyl (C=O) groups is 2. The zero-order valence-corrected chi connectivity index (χ0v) is 19.0. The van der Waals surface area contributed by atoms with Gasteiger partial charge in [-0.15, -0.1) is 0 Å². The van der Waals surface area contributed by atoms with Crippen LogP contribution < -0.4 is 14.4 Å². The Hall–Kier alpha value is -2.79. The average Bonchev–Trinajstić information content (AvgIpc) is 2.72. The molecule has 0 saturated carbocycles. The van der Waals surface area contributed by atoms with E-state index in [2.05, 4.69) is 13.8 Å². The second-order valence-electron chi connectivity index (χ2n) is 8.85. The molecular formula is C25H26ClNO4. The monoisotopic (exact) mass is 439 g/mol. The number of benzene rings is 2. The Labute approximate surface area is 187 Å². The Morgan fingerprint density at radius 1 is 1.00 bits per heavy atom. The number of rotatable bonds is 4. The fourth-order valence-corrected chi connectivity index (χ4v) is 4.88. The first-order chi connectivity index (χ1) is 14.8. The molecule has 2 aliphatic rings. The lowest BCUT2D eigenvalue weighted by atomic mass is 9.69. The maximum absolute atomic E-state index is 13.5. The standard InChI is InChI=1S/C25H26ClNO4/c1-25(2)13-19-23(20(28)14-25)18(17-6-5-7-21(30-3)24(17)31-4)12-22(29)27(19)16-10-8-15(26)9-11-16/h5-11,18H,12-14H2,1-4H3. The van der Waals surface area contributed by atoms with Crippen molar-refractivity contribution in [3.8, 4) is 11.5 Å². The maximum atomic E-state index is 13.5. The summed E-state index contributed by atoms with van der Waals surface area (Å²) in [6.45, 7) is 4.13. The number of ether oxygens (including phenoxy) is 2. The van der Waals surface area contributed by atoms with Crippen LogP contribution in [0.2, 0.25) is 5.02 Å². The van der Waals surface area contributed by atoms with Crippen LogP contribution >= 0.6 is 11.6 Å². The fraction of sp³-hybridized carbons (Fsp3) is 0.360. The number of methoxy groups -OCH3 is 2. The van der Waals surface area contributed by atoms with Gasteiger partial charge in [0.05, 0.1) is 14.2 Å². The molecule has 0 N–H and O–H groups in total. The van der Waals surface area contributed by atoms with Crippen LogP contribution in [0.1, 0.15) is 44.6 Å². The summed E-state index contributed by atoms with van der Waals surface area (Å²) in [4.78, 5) is 28.6. The summed E-state index contributed by atoms with van der Waals surface area (Å²) < 4.78 is 11.1. The van der Waals surface area contributed by atoms with Crippen LogP contribution in [0, 0.1) is 5.41 Å². The van der Waals surface area contributed by atoms with Crippen molar-refractivity contribution in [2.45, 2.75) is 39.0 Å². The summed E-state index contributed by atoms with van der Waals surface area (Å²) >= 11 is 6.06. The third kappa shape index (κ3) is 3.83. The third-order valence-electron chi connectivity index (χ3n) is 6.04. The number of para-hydroxylation sites is 1. The van der Waals surface area contributed by atoms with Crippen molar-refractivity contribution in [3.63, 3.8) is 0 Å². The van der Waals surface area contributed by atoms with Crippen LogP contribution in [-0.4, -0.2) is 25.9 Å². The summed E-state index contributed by atoms with van der Waals surface area (Å²) in [5.74, 6) is 0.791. The van der Waals surface area contributed by atoms with Gasteiger partial charge in [-0.1, -0.05) is 37.6 Å². The zero-order valence-electron chi connectivity index (χ0n) is 18.2. The van der Waals surface area contributed by atoms with Crippen molar-refractivity contribution in [2.75, 3.05) is 19.1 Å². The minimum atomic E-state index is -0.375. The summed E-state index contributed by atoms with van der Waals surface area (Å²) in [7, 11) is 3.15. The second-order valence-corrected chi connectivity index (χ2v) is 9.28. The lowest BCUT2D eigenvalue weighted by Gasteiger charge is -2.43. The van der Waals surface area contributed by atoms with Gasteiger partial charge in [0.25, 0.3) is 0 Å². The number of allylic oxidation sites excluding steroid dienone is 2. The van der Waals surface area contributed by atoms with Crippen molar-refractivity contribution in [3.05, 3.63) is 64.3 Å². The molecule has 1 heterocycles. The molecule has 0 spiro atoms. The topological polar surface area (TPSA) is 55.8 Å². The number of carbonyl (C=O) groups excluding carboxylic acids is 2. The van der Waals surface area contributed by atoms with E-state index in [0.717, 1.165) is 16.9 Å². The van der Waals surface area contributed by atoms with Gasteiger partial charge in [0.2, 0.25) is 5.91 Å². The van der Waals surface area contributed by atoms with Crippen LogP contribution in [0.3, 0.4) is 0 Å². The van der Waals surface area contributed by atoms with E-state index in [-0.39, 0.29) is 29.4 Å². The van der Waals surface area contributed by atoms with Crippen LogP contribution in [0.15, 0.2) is 53.7 Å². The number of Topliss-reactive ketones (excluding diaryl/α,β-unsaturated/α-hetero) is 1. The lowest BCUT2D eigenvalue weighted by Crippen LogP contribution is -2.43. The molecule has 1 amide bonds. The van der Waals surface area contributed by atoms with Gasteiger partial charge in [0.15, 0.2) is 17.3 Å². The number of anilines is 1. The van der Waals surface area contributed by atoms with E-state index in [9.17, 15) is 9.59 Å². The lowest BCUT2D eigenvalue weighted by molar-refractivity contribution is -0.121. The minimum absolute atomic E-state index is 0.0542. The first-order valence-corrected chi connectivity index (χ1v) is 10.7. The van der Waals surface area contributed by atoms with Crippen LogP contribution in [-0.2, 0) is 9.59 Å². The predicted molar refractivity (Wildman–Crippen MR) is 121 cm³/mol. The van der Waals surface area contributed by atoms with Crippen LogP contribution in [0.25, 0.3) is 0 Å². The molecule has 1 aliphatic carbocycles. The SMILES string of the molecule is COc1cccc(C2CC(=O)N(c3ccc(Cl)cc3)C3=C2C(=O)CC(C)(C)C3)c1OC. The maximum Gasteiger partial charge on any atom is 0.232 e. The number of ketones is 1. The molecule has 31 heavy (non-hydrogen) atoms. The van der Waals surface area contributed by atoms with Crippen LogP contribution in [0.4, 0.5) is 5.69 Å². The summed E-state index contributed by atoms with van der Waals surface area (Å²) in [5.41, 5.74) is 2.76. The van der Waals surface area contributed by atoms with E-state index < -0.39 is 0 Å². The molecule has 0 fully saturated rings. The van der Waals surface area contributed by atoms with Gasteiger partial charge >= 0.3 is 0 Å². The molecule has 0 aromatic heterocycles. The Bertz CT molecular complexity index is 1070. The summed E-state index contributed by atoms with van der Waals surface area (Å²) in [6, 6.07) is 12.8. The molecule has 4 rings (SSSR count). The molecule has 2 aromatic rings. The molecule has 6 heteroatoms. The first-order valence-electron chi connectivity index (χ1n) is 10.3. The van der Waals surface area contributed by atoms with Crippen molar-refractivity contribution in [1.82, 2.24) is 0 Å². The van der Waals surface area contributed by atoms with Gasteiger partial charge in [-0.05, 0) is 42.2 Å². The molecule has 162 valence electrons. The average molecular weight is 440 g/mol. The number of hydrogen-bond acceptors (Lipinski definition) is 4. The third-order valence-corrected chi connectivity index (χ3v) is 6.29. The van der Waals surface area contributed by atoms with Gasteiger partial charge in [0.1, 0.15) is 0 Å².